The number of carbonyl (C=O) groups excluding carboxylic acids is 1. The van der Waals surface area contributed by atoms with Crippen LogP contribution in [0.15, 0.2) is 48.5 Å². The SMILES string of the molecule is Cc1c(NC(=O)OCC2c3ccccc3-c3ccccc32)c(C(=O)O)nn1C. The van der Waals surface area contributed by atoms with Crippen LogP contribution in [0.2, 0.25) is 0 Å². The molecule has 4 rings (SSSR count). The Kier molecular flexibility index (Phi) is 4.35. The molecule has 7 heteroatoms. The third kappa shape index (κ3) is 2.90. The van der Waals surface area contributed by atoms with Crippen molar-refractivity contribution in [3.63, 3.8) is 0 Å². The Balaban J connectivity index is 1.53. The quantitative estimate of drug-likeness (QED) is 0.722. The number of benzene rings is 2. The average molecular weight is 377 g/mol. The maximum atomic E-state index is 12.4. The molecule has 1 aromatic heterocycles. The van der Waals surface area contributed by atoms with Gasteiger partial charge >= 0.3 is 12.1 Å². The summed E-state index contributed by atoms with van der Waals surface area (Å²) >= 11 is 0. The van der Waals surface area contributed by atoms with Gasteiger partial charge in [0.25, 0.3) is 0 Å². The fourth-order valence-electron chi connectivity index (χ4n) is 3.64. The van der Waals surface area contributed by atoms with E-state index in [2.05, 4.69) is 22.5 Å². The Morgan fingerprint density at radius 1 is 1.11 bits per heavy atom. The summed E-state index contributed by atoms with van der Waals surface area (Å²) < 4.78 is 6.87. The zero-order chi connectivity index (χ0) is 19.8. The van der Waals surface area contributed by atoms with E-state index >= 15 is 0 Å². The van der Waals surface area contributed by atoms with Gasteiger partial charge in [0.05, 0.1) is 5.69 Å². The number of nitrogens with one attached hydrogen (secondary N) is 1. The number of anilines is 1. The smallest absolute Gasteiger partial charge is 0.411 e. The van der Waals surface area contributed by atoms with E-state index in [9.17, 15) is 14.7 Å². The second kappa shape index (κ2) is 6.84. The maximum Gasteiger partial charge on any atom is 0.411 e. The van der Waals surface area contributed by atoms with Crippen molar-refractivity contribution in [1.82, 2.24) is 9.78 Å². The van der Waals surface area contributed by atoms with Crippen molar-refractivity contribution in [3.8, 4) is 11.1 Å². The van der Waals surface area contributed by atoms with E-state index in [0.29, 0.717) is 5.69 Å². The molecule has 7 nitrogen and oxygen atoms in total. The van der Waals surface area contributed by atoms with Crippen molar-refractivity contribution >= 4 is 17.7 Å². The summed E-state index contributed by atoms with van der Waals surface area (Å²) in [5, 5.41) is 15.7. The Morgan fingerprint density at radius 2 is 1.68 bits per heavy atom. The number of carbonyl (C=O) groups is 2. The van der Waals surface area contributed by atoms with Gasteiger partial charge < -0.3 is 9.84 Å². The van der Waals surface area contributed by atoms with Crippen LogP contribution < -0.4 is 5.32 Å². The van der Waals surface area contributed by atoms with Gasteiger partial charge in [-0.3, -0.25) is 10.00 Å². The van der Waals surface area contributed by atoms with Crippen molar-refractivity contribution in [2.75, 3.05) is 11.9 Å². The van der Waals surface area contributed by atoms with E-state index in [1.165, 1.54) is 4.68 Å². The van der Waals surface area contributed by atoms with E-state index < -0.39 is 12.1 Å². The first kappa shape index (κ1) is 17.8. The van der Waals surface area contributed by atoms with E-state index in [1.54, 1.807) is 14.0 Å². The zero-order valence-electron chi connectivity index (χ0n) is 15.5. The van der Waals surface area contributed by atoms with Crippen LogP contribution in [0.25, 0.3) is 11.1 Å². The van der Waals surface area contributed by atoms with Gasteiger partial charge in [0.15, 0.2) is 5.69 Å². The summed E-state index contributed by atoms with van der Waals surface area (Å²) in [6, 6.07) is 16.1. The van der Waals surface area contributed by atoms with Crippen LogP contribution in [0.4, 0.5) is 10.5 Å². The lowest BCUT2D eigenvalue weighted by molar-refractivity contribution is 0.0690. The van der Waals surface area contributed by atoms with Crippen molar-refractivity contribution in [3.05, 3.63) is 71.0 Å². The van der Waals surface area contributed by atoms with Crippen LogP contribution >= 0.6 is 0 Å². The molecule has 28 heavy (non-hydrogen) atoms. The molecule has 0 radical (unpaired) electrons. The number of carboxylic acids is 1. The predicted octanol–water partition coefficient (Wildman–Crippen LogP) is 3.79. The van der Waals surface area contributed by atoms with Gasteiger partial charge in [0.2, 0.25) is 0 Å². The topological polar surface area (TPSA) is 93.4 Å². The van der Waals surface area contributed by atoms with Crippen LogP contribution in [-0.2, 0) is 11.8 Å². The summed E-state index contributed by atoms with van der Waals surface area (Å²) in [6.45, 7) is 1.83. The van der Waals surface area contributed by atoms with Crippen LogP contribution in [-0.4, -0.2) is 33.6 Å². The van der Waals surface area contributed by atoms with E-state index in [1.807, 2.05) is 36.4 Å². The normalized spacial score (nSPS) is 12.4. The lowest BCUT2D eigenvalue weighted by Crippen LogP contribution is -2.19. The summed E-state index contributed by atoms with van der Waals surface area (Å²) in [4.78, 5) is 23.7. The molecule has 2 N–H and O–H groups in total. The number of nitrogens with zero attached hydrogens (tertiary/aromatic N) is 2. The zero-order valence-corrected chi connectivity index (χ0v) is 15.5. The molecule has 142 valence electrons. The van der Waals surface area contributed by atoms with Gasteiger partial charge in [-0.25, -0.2) is 9.59 Å². The Hall–Kier alpha value is -3.61. The van der Waals surface area contributed by atoms with Gasteiger partial charge in [-0.1, -0.05) is 48.5 Å². The van der Waals surface area contributed by atoms with Crippen molar-refractivity contribution in [1.29, 1.82) is 0 Å². The van der Waals surface area contributed by atoms with Crippen LogP contribution in [0.3, 0.4) is 0 Å². The molecule has 1 heterocycles. The molecule has 1 amide bonds. The first-order valence-corrected chi connectivity index (χ1v) is 8.86. The minimum atomic E-state index is -1.21. The average Bonchev–Trinajstić information content (AvgIpc) is 3.16. The van der Waals surface area contributed by atoms with E-state index in [0.717, 1.165) is 22.3 Å². The van der Waals surface area contributed by atoms with Gasteiger partial charge in [-0.2, -0.15) is 5.10 Å². The molecule has 0 saturated heterocycles. The van der Waals surface area contributed by atoms with Crippen LogP contribution in [0.1, 0.15) is 33.2 Å². The summed E-state index contributed by atoms with van der Waals surface area (Å²) in [7, 11) is 1.62. The number of fused-ring (bicyclic) bond motifs is 3. The third-order valence-electron chi connectivity index (χ3n) is 5.11. The molecule has 0 atom stereocenters. The maximum absolute atomic E-state index is 12.4. The Morgan fingerprint density at radius 3 is 2.25 bits per heavy atom. The third-order valence-corrected chi connectivity index (χ3v) is 5.11. The minimum absolute atomic E-state index is 0.0629. The number of amides is 1. The summed E-state index contributed by atoms with van der Waals surface area (Å²) in [6.07, 6.45) is -0.708. The fraction of sp³-hybridized carbons (Fsp3) is 0.190. The number of hydrogen-bond acceptors (Lipinski definition) is 4. The standard InChI is InChI=1S/C21H19N3O4/c1-12-18(19(20(25)26)23-24(12)2)22-21(27)28-11-17-15-9-5-3-7-13(15)14-8-4-6-10-16(14)17/h3-10,17H,11H2,1-2H3,(H,22,27)(H,25,26). The van der Waals surface area contributed by atoms with Crippen LogP contribution in [0, 0.1) is 6.92 Å². The van der Waals surface area contributed by atoms with Crippen molar-refractivity contribution < 1.29 is 19.4 Å². The highest BCUT2D eigenvalue weighted by molar-refractivity contribution is 5.98. The van der Waals surface area contributed by atoms with Gasteiger partial charge in [0, 0.05) is 13.0 Å². The second-order valence-corrected chi connectivity index (χ2v) is 6.69. The monoisotopic (exact) mass is 377 g/mol. The molecule has 0 aliphatic heterocycles. The molecule has 0 spiro atoms. The molecule has 1 aliphatic carbocycles. The summed E-state index contributed by atoms with van der Waals surface area (Å²) in [5.41, 5.74) is 4.97. The first-order chi connectivity index (χ1) is 13.5. The molecule has 0 bridgehead atoms. The Labute approximate surface area is 161 Å². The molecular formula is C21H19N3O4. The molecule has 2 aromatic carbocycles. The number of aromatic nitrogens is 2. The van der Waals surface area contributed by atoms with Crippen molar-refractivity contribution in [2.45, 2.75) is 12.8 Å². The minimum Gasteiger partial charge on any atom is -0.476 e. The number of aromatic carboxylic acids is 1. The lowest BCUT2D eigenvalue weighted by Gasteiger charge is -2.14. The molecule has 3 aromatic rings. The van der Waals surface area contributed by atoms with E-state index in [-0.39, 0.29) is 23.9 Å². The van der Waals surface area contributed by atoms with Gasteiger partial charge in [-0.15, -0.1) is 0 Å². The molecular weight excluding hydrogens is 358 g/mol. The molecule has 0 saturated carbocycles. The number of rotatable bonds is 4. The molecule has 1 aliphatic rings. The highest BCUT2D eigenvalue weighted by atomic mass is 16.5. The van der Waals surface area contributed by atoms with Crippen LogP contribution in [0.5, 0.6) is 0 Å². The molecule has 0 unspecified atom stereocenters. The fourth-order valence-corrected chi connectivity index (χ4v) is 3.64. The molecule has 0 fully saturated rings. The number of ether oxygens (including phenoxy) is 1. The largest absolute Gasteiger partial charge is 0.476 e. The Bertz CT molecular complexity index is 1040. The first-order valence-electron chi connectivity index (χ1n) is 8.86. The predicted molar refractivity (Wildman–Crippen MR) is 104 cm³/mol. The second-order valence-electron chi connectivity index (χ2n) is 6.69. The number of aryl methyl sites for hydroxylation is 1. The highest BCUT2D eigenvalue weighted by Gasteiger charge is 2.29. The highest BCUT2D eigenvalue weighted by Crippen LogP contribution is 2.44. The van der Waals surface area contributed by atoms with Gasteiger partial charge in [0.1, 0.15) is 12.3 Å². The number of carboxylic acid groups (broad SMARTS) is 1. The van der Waals surface area contributed by atoms with E-state index in [4.69, 9.17) is 4.74 Å². The van der Waals surface area contributed by atoms with Gasteiger partial charge in [-0.05, 0) is 29.2 Å². The van der Waals surface area contributed by atoms with Crippen molar-refractivity contribution in [2.24, 2.45) is 7.05 Å². The number of hydrogen-bond donors (Lipinski definition) is 2. The lowest BCUT2D eigenvalue weighted by atomic mass is 9.98. The summed E-state index contributed by atoms with van der Waals surface area (Å²) in [5.74, 6) is -1.27.